The van der Waals surface area contributed by atoms with Gasteiger partial charge in [-0.25, -0.2) is 0 Å². The van der Waals surface area contributed by atoms with Gasteiger partial charge in [-0.1, -0.05) is 23.2 Å². The molecule has 24 heavy (non-hydrogen) atoms. The number of amides is 3. The first kappa shape index (κ1) is 18.5. The highest BCUT2D eigenvalue weighted by atomic mass is 35.5. The minimum absolute atomic E-state index is 0.0445. The highest BCUT2D eigenvalue weighted by Gasteiger charge is 2.41. The monoisotopic (exact) mass is 372 g/mol. The molecule has 1 aliphatic heterocycles. The summed E-state index contributed by atoms with van der Waals surface area (Å²) in [6.07, 6.45) is -0.934. The van der Waals surface area contributed by atoms with Gasteiger partial charge in [-0.05, 0) is 39.0 Å². The average Bonchev–Trinajstić information content (AvgIpc) is 2.76. The standard InChI is InChI=1S/C16H18Cl2N2O4/c1-8(2)20-14(21)7-12(16(20)23)19-15(22)9(3)24-13-5-4-10(17)6-11(13)18/h4-6,8-9,12H,7H2,1-3H3,(H,19,22)/t9-,12-/m1/s1. The first-order valence-electron chi connectivity index (χ1n) is 7.48. The highest BCUT2D eigenvalue weighted by molar-refractivity contribution is 6.35. The van der Waals surface area contributed by atoms with Gasteiger partial charge in [0.2, 0.25) is 5.91 Å². The summed E-state index contributed by atoms with van der Waals surface area (Å²) in [4.78, 5) is 37.4. The zero-order valence-corrected chi connectivity index (χ0v) is 15.0. The molecule has 0 spiro atoms. The van der Waals surface area contributed by atoms with E-state index in [0.29, 0.717) is 10.8 Å². The summed E-state index contributed by atoms with van der Waals surface area (Å²) in [5.74, 6) is -0.895. The van der Waals surface area contributed by atoms with E-state index in [1.807, 2.05) is 0 Å². The number of benzene rings is 1. The lowest BCUT2D eigenvalue weighted by Crippen LogP contribution is -2.47. The number of ether oxygens (including phenoxy) is 1. The summed E-state index contributed by atoms with van der Waals surface area (Å²) in [5, 5.41) is 3.28. The van der Waals surface area contributed by atoms with Crippen molar-refractivity contribution in [3.05, 3.63) is 28.2 Å². The summed E-state index contributed by atoms with van der Waals surface area (Å²) in [6.45, 7) is 5.02. The van der Waals surface area contributed by atoms with Gasteiger partial charge in [0.05, 0.1) is 11.4 Å². The van der Waals surface area contributed by atoms with Gasteiger partial charge >= 0.3 is 0 Å². The third-order valence-corrected chi connectivity index (χ3v) is 4.11. The van der Waals surface area contributed by atoms with E-state index in [1.165, 1.54) is 13.0 Å². The van der Waals surface area contributed by atoms with Crippen molar-refractivity contribution in [1.29, 1.82) is 0 Å². The Morgan fingerprint density at radius 1 is 1.29 bits per heavy atom. The van der Waals surface area contributed by atoms with Gasteiger partial charge in [-0.2, -0.15) is 0 Å². The van der Waals surface area contributed by atoms with Crippen molar-refractivity contribution in [3.8, 4) is 5.75 Å². The fraction of sp³-hybridized carbons (Fsp3) is 0.438. The number of hydrogen-bond acceptors (Lipinski definition) is 4. The smallest absolute Gasteiger partial charge is 0.261 e. The van der Waals surface area contributed by atoms with Crippen LogP contribution in [0.25, 0.3) is 0 Å². The number of halogens is 2. The van der Waals surface area contributed by atoms with E-state index in [0.717, 1.165) is 4.90 Å². The van der Waals surface area contributed by atoms with E-state index in [2.05, 4.69) is 5.32 Å². The van der Waals surface area contributed by atoms with Gasteiger partial charge in [0.1, 0.15) is 11.8 Å². The molecule has 2 rings (SSSR count). The fourth-order valence-electron chi connectivity index (χ4n) is 2.41. The number of likely N-dealkylation sites (tertiary alicyclic amines) is 1. The van der Waals surface area contributed by atoms with Crippen LogP contribution in [-0.4, -0.2) is 40.8 Å². The number of rotatable bonds is 5. The Labute approximate surface area is 150 Å². The van der Waals surface area contributed by atoms with Crippen LogP contribution in [0.15, 0.2) is 18.2 Å². The molecule has 3 amide bonds. The molecule has 0 unspecified atom stereocenters. The molecule has 0 aliphatic carbocycles. The third kappa shape index (κ3) is 3.99. The first-order valence-corrected chi connectivity index (χ1v) is 8.24. The Hall–Kier alpha value is -1.79. The molecule has 1 heterocycles. The average molecular weight is 373 g/mol. The lowest BCUT2D eigenvalue weighted by Gasteiger charge is -2.20. The molecule has 1 aliphatic rings. The van der Waals surface area contributed by atoms with Gasteiger partial charge in [0.15, 0.2) is 6.10 Å². The molecule has 1 aromatic carbocycles. The molecule has 0 aromatic heterocycles. The molecule has 1 saturated heterocycles. The molecule has 2 atom stereocenters. The molecule has 130 valence electrons. The summed E-state index contributed by atoms with van der Waals surface area (Å²) in [5.41, 5.74) is 0. The minimum atomic E-state index is -0.889. The molecule has 0 bridgehead atoms. The fourth-order valence-corrected chi connectivity index (χ4v) is 2.86. The van der Waals surface area contributed by atoms with Crippen molar-refractivity contribution < 1.29 is 19.1 Å². The van der Waals surface area contributed by atoms with Crippen molar-refractivity contribution in [2.75, 3.05) is 0 Å². The Morgan fingerprint density at radius 2 is 1.96 bits per heavy atom. The topological polar surface area (TPSA) is 75.7 Å². The number of imide groups is 1. The quantitative estimate of drug-likeness (QED) is 0.805. The predicted molar refractivity (Wildman–Crippen MR) is 90.1 cm³/mol. The summed E-state index contributed by atoms with van der Waals surface area (Å²) < 4.78 is 5.50. The predicted octanol–water partition coefficient (Wildman–Crippen LogP) is 2.41. The molecule has 6 nitrogen and oxygen atoms in total. The second kappa shape index (κ2) is 7.40. The zero-order valence-electron chi connectivity index (χ0n) is 13.5. The SMILES string of the molecule is CC(C)N1C(=O)C[C@@H](NC(=O)[C@@H](C)Oc2ccc(Cl)cc2Cl)C1=O. The van der Waals surface area contributed by atoms with Gasteiger partial charge < -0.3 is 10.1 Å². The van der Waals surface area contributed by atoms with Crippen molar-refractivity contribution in [3.63, 3.8) is 0 Å². The van der Waals surface area contributed by atoms with Crippen LogP contribution in [-0.2, 0) is 14.4 Å². The van der Waals surface area contributed by atoms with Gasteiger partial charge in [-0.3, -0.25) is 19.3 Å². The van der Waals surface area contributed by atoms with Gasteiger partial charge in [-0.15, -0.1) is 0 Å². The van der Waals surface area contributed by atoms with Crippen LogP contribution in [0, 0.1) is 0 Å². The van der Waals surface area contributed by atoms with Crippen LogP contribution < -0.4 is 10.1 Å². The van der Waals surface area contributed by atoms with Crippen LogP contribution in [0.3, 0.4) is 0 Å². The molecule has 0 radical (unpaired) electrons. The molecule has 8 heteroatoms. The lowest BCUT2D eigenvalue weighted by atomic mass is 10.2. The number of nitrogens with one attached hydrogen (secondary N) is 1. The van der Waals surface area contributed by atoms with E-state index in [-0.39, 0.29) is 23.4 Å². The second-order valence-electron chi connectivity index (χ2n) is 5.80. The van der Waals surface area contributed by atoms with Crippen molar-refractivity contribution in [2.24, 2.45) is 0 Å². The van der Waals surface area contributed by atoms with Crippen LogP contribution in [0.2, 0.25) is 10.0 Å². The number of nitrogens with zero attached hydrogens (tertiary/aromatic N) is 1. The molecular weight excluding hydrogens is 355 g/mol. The van der Waals surface area contributed by atoms with Crippen molar-refractivity contribution >= 4 is 40.9 Å². The molecule has 0 saturated carbocycles. The normalized spacial score (nSPS) is 18.9. The minimum Gasteiger partial charge on any atom is -0.479 e. The Morgan fingerprint density at radius 3 is 2.50 bits per heavy atom. The molecule has 1 aromatic rings. The van der Waals surface area contributed by atoms with Crippen LogP contribution in [0.1, 0.15) is 27.2 Å². The third-order valence-electron chi connectivity index (χ3n) is 3.58. The molecule has 1 N–H and O–H groups in total. The van der Waals surface area contributed by atoms with Gasteiger partial charge in [0.25, 0.3) is 11.8 Å². The van der Waals surface area contributed by atoms with Crippen LogP contribution in [0.5, 0.6) is 5.75 Å². The second-order valence-corrected chi connectivity index (χ2v) is 6.64. The van der Waals surface area contributed by atoms with E-state index in [1.54, 1.807) is 26.0 Å². The molecular formula is C16H18Cl2N2O4. The van der Waals surface area contributed by atoms with Crippen LogP contribution in [0.4, 0.5) is 0 Å². The zero-order chi connectivity index (χ0) is 18.0. The summed E-state index contributed by atoms with van der Waals surface area (Å²) >= 11 is 11.8. The van der Waals surface area contributed by atoms with E-state index >= 15 is 0 Å². The van der Waals surface area contributed by atoms with E-state index < -0.39 is 24.0 Å². The number of carbonyl (C=O) groups is 3. The highest BCUT2D eigenvalue weighted by Crippen LogP contribution is 2.28. The van der Waals surface area contributed by atoms with E-state index in [9.17, 15) is 14.4 Å². The maximum Gasteiger partial charge on any atom is 0.261 e. The maximum atomic E-state index is 12.2. The number of hydrogen-bond donors (Lipinski definition) is 1. The van der Waals surface area contributed by atoms with Crippen LogP contribution >= 0.6 is 23.2 Å². The Bertz CT molecular complexity index is 678. The van der Waals surface area contributed by atoms with E-state index in [4.69, 9.17) is 27.9 Å². The Kier molecular flexibility index (Phi) is 5.72. The van der Waals surface area contributed by atoms with Crippen molar-refractivity contribution in [2.45, 2.75) is 45.4 Å². The van der Waals surface area contributed by atoms with Crippen molar-refractivity contribution in [1.82, 2.24) is 10.2 Å². The summed E-state index contributed by atoms with van der Waals surface area (Å²) in [6, 6.07) is 3.54. The summed E-state index contributed by atoms with van der Waals surface area (Å²) in [7, 11) is 0. The first-order chi connectivity index (χ1) is 11.2. The maximum absolute atomic E-state index is 12.2. The lowest BCUT2D eigenvalue weighted by molar-refractivity contribution is -0.142. The largest absolute Gasteiger partial charge is 0.479 e. The molecule has 1 fully saturated rings. The van der Waals surface area contributed by atoms with Gasteiger partial charge in [0, 0.05) is 11.1 Å². The Balaban J connectivity index is 1.99. The number of carbonyl (C=O) groups excluding carboxylic acids is 3.